The van der Waals surface area contributed by atoms with Gasteiger partial charge in [-0.3, -0.25) is 0 Å². The Kier molecular flexibility index (Phi) is 5.12. The molecule has 0 bridgehead atoms. The van der Waals surface area contributed by atoms with Gasteiger partial charge in [-0.05, 0) is 24.6 Å². The molecule has 0 unspecified atom stereocenters. The van der Waals surface area contributed by atoms with Crippen LogP contribution in [0.2, 0.25) is 0 Å². The van der Waals surface area contributed by atoms with E-state index >= 15 is 0 Å². The molecule has 0 fully saturated rings. The molecule has 1 aromatic carbocycles. The van der Waals surface area contributed by atoms with Crippen molar-refractivity contribution in [2.45, 2.75) is 20.4 Å². The van der Waals surface area contributed by atoms with Gasteiger partial charge in [0.15, 0.2) is 0 Å². The summed E-state index contributed by atoms with van der Waals surface area (Å²) in [5.41, 5.74) is 1.08. The Hall–Kier alpha value is -1.22. The summed E-state index contributed by atoms with van der Waals surface area (Å²) >= 11 is 0. The maximum absolute atomic E-state index is 5.33. The van der Waals surface area contributed by atoms with E-state index in [0.717, 1.165) is 30.2 Å². The van der Waals surface area contributed by atoms with Crippen molar-refractivity contribution in [3.63, 3.8) is 0 Å². The van der Waals surface area contributed by atoms with E-state index in [2.05, 4.69) is 19.2 Å². The minimum atomic E-state index is 0.640. The van der Waals surface area contributed by atoms with Crippen LogP contribution in [-0.4, -0.2) is 20.8 Å². The molecule has 0 saturated heterocycles. The fourth-order valence-electron chi connectivity index (χ4n) is 1.59. The van der Waals surface area contributed by atoms with E-state index in [1.54, 1.807) is 14.2 Å². The van der Waals surface area contributed by atoms with Gasteiger partial charge in [0.1, 0.15) is 11.5 Å². The number of rotatable bonds is 6. The van der Waals surface area contributed by atoms with E-state index in [4.69, 9.17) is 9.47 Å². The predicted molar refractivity (Wildman–Crippen MR) is 66.1 cm³/mol. The molecule has 0 saturated carbocycles. The van der Waals surface area contributed by atoms with Gasteiger partial charge < -0.3 is 14.8 Å². The molecule has 3 nitrogen and oxygen atoms in total. The summed E-state index contributed by atoms with van der Waals surface area (Å²) in [6.45, 7) is 6.13. The molecule has 3 heteroatoms. The van der Waals surface area contributed by atoms with Gasteiger partial charge in [-0.15, -0.1) is 0 Å². The van der Waals surface area contributed by atoms with E-state index in [1.165, 1.54) is 0 Å². The minimum absolute atomic E-state index is 0.640. The van der Waals surface area contributed by atoms with Crippen LogP contribution in [0, 0.1) is 5.92 Å². The number of methoxy groups -OCH3 is 2. The lowest BCUT2D eigenvalue weighted by atomic mass is 10.1. The molecule has 1 N–H and O–H groups in total. The summed E-state index contributed by atoms with van der Waals surface area (Å²) < 4.78 is 10.7. The molecule has 0 amide bonds. The van der Waals surface area contributed by atoms with Gasteiger partial charge in [0.05, 0.1) is 14.2 Å². The van der Waals surface area contributed by atoms with Crippen molar-refractivity contribution in [1.82, 2.24) is 5.32 Å². The average Bonchev–Trinajstić information content (AvgIpc) is 2.28. The van der Waals surface area contributed by atoms with Crippen LogP contribution in [0.1, 0.15) is 19.4 Å². The molecule has 0 aliphatic rings. The average molecular weight is 223 g/mol. The van der Waals surface area contributed by atoms with Crippen molar-refractivity contribution < 1.29 is 9.47 Å². The largest absolute Gasteiger partial charge is 0.496 e. The molecular formula is C13H21NO2. The van der Waals surface area contributed by atoms with Crippen LogP contribution in [0.25, 0.3) is 0 Å². The third-order valence-electron chi connectivity index (χ3n) is 2.38. The van der Waals surface area contributed by atoms with Crippen LogP contribution in [0.3, 0.4) is 0 Å². The second kappa shape index (κ2) is 6.38. The monoisotopic (exact) mass is 223 g/mol. The van der Waals surface area contributed by atoms with Gasteiger partial charge >= 0.3 is 0 Å². The Morgan fingerprint density at radius 1 is 1.12 bits per heavy atom. The second-order valence-electron chi connectivity index (χ2n) is 4.17. The first-order valence-electron chi connectivity index (χ1n) is 5.59. The maximum atomic E-state index is 5.33. The van der Waals surface area contributed by atoms with Crippen molar-refractivity contribution in [2.75, 3.05) is 20.8 Å². The first kappa shape index (κ1) is 12.8. The van der Waals surface area contributed by atoms with Gasteiger partial charge in [0, 0.05) is 12.1 Å². The Balaban J connectivity index is 2.74. The van der Waals surface area contributed by atoms with Crippen LogP contribution in [0.5, 0.6) is 11.5 Å². The highest BCUT2D eigenvalue weighted by Crippen LogP contribution is 2.27. The molecular weight excluding hydrogens is 202 g/mol. The van der Waals surface area contributed by atoms with Crippen molar-refractivity contribution in [3.8, 4) is 11.5 Å². The van der Waals surface area contributed by atoms with Crippen molar-refractivity contribution in [3.05, 3.63) is 23.8 Å². The van der Waals surface area contributed by atoms with Crippen molar-refractivity contribution in [1.29, 1.82) is 0 Å². The van der Waals surface area contributed by atoms with E-state index in [0.29, 0.717) is 5.92 Å². The summed E-state index contributed by atoms with van der Waals surface area (Å²) in [7, 11) is 3.36. The van der Waals surface area contributed by atoms with Crippen molar-refractivity contribution >= 4 is 0 Å². The molecule has 0 heterocycles. The molecule has 0 aromatic heterocycles. The fraction of sp³-hybridized carbons (Fsp3) is 0.538. The van der Waals surface area contributed by atoms with Gasteiger partial charge in [0.2, 0.25) is 0 Å². The maximum Gasteiger partial charge on any atom is 0.127 e. The Morgan fingerprint density at radius 2 is 1.69 bits per heavy atom. The lowest BCUT2D eigenvalue weighted by Crippen LogP contribution is -2.19. The van der Waals surface area contributed by atoms with Gasteiger partial charge in [0.25, 0.3) is 0 Å². The molecule has 90 valence electrons. The highest BCUT2D eigenvalue weighted by molar-refractivity contribution is 5.44. The zero-order valence-corrected chi connectivity index (χ0v) is 10.5. The Morgan fingerprint density at radius 3 is 2.12 bits per heavy atom. The van der Waals surface area contributed by atoms with Gasteiger partial charge in [-0.2, -0.15) is 0 Å². The van der Waals surface area contributed by atoms with E-state index in [9.17, 15) is 0 Å². The van der Waals surface area contributed by atoms with Crippen molar-refractivity contribution in [2.24, 2.45) is 5.92 Å². The number of nitrogens with one attached hydrogen (secondary N) is 1. The van der Waals surface area contributed by atoms with E-state index in [-0.39, 0.29) is 0 Å². The van der Waals surface area contributed by atoms with Gasteiger partial charge in [-0.1, -0.05) is 19.9 Å². The zero-order chi connectivity index (χ0) is 12.0. The zero-order valence-electron chi connectivity index (χ0n) is 10.5. The minimum Gasteiger partial charge on any atom is -0.496 e. The number of ether oxygens (including phenoxy) is 2. The number of hydrogen-bond donors (Lipinski definition) is 1. The summed E-state index contributed by atoms with van der Waals surface area (Å²) in [5.74, 6) is 2.38. The second-order valence-corrected chi connectivity index (χ2v) is 4.17. The first-order valence-corrected chi connectivity index (χ1v) is 5.59. The molecule has 0 aliphatic carbocycles. The Labute approximate surface area is 97.8 Å². The summed E-state index contributed by atoms with van der Waals surface area (Å²) in [5, 5.41) is 3.39. The fourth-order valence-corrected chi connectivity index (χ4v) is 1.59. The van der Waals surface area contributed by atoms with E-state index in [1.807, 2.05) is 18.2 Å². The Bertz CT molecular complexity index is 301. The lowest BCUT2D eigenvalue weighted by Gasteiger charge is -2.14. The standard InChI is InChI=1S/C13H21NO2/c1-10(2)8-14-9-11-12(15-3)6-5-7-13(11)16-4/h5-7,10,14H,8-9H2,1-4H3. The predicted octanol–water partition coefficient (Wildman–Crippen LogP) is 2.45. The summed E-state index contributed by atoms with van der Waals surface area (Å²) in [6, 6.07) is 5.84. The third kappa shape index (κ3) is 3.42. The van der Waals surface area contributed by atoms with Crippen LogP contribution in [-0.2, 0) is 6.54 Å². The highest BCUT2D eigenvalue weighted by Gasteiger charge is 2.08. The summed E-state index contributed by atoms with van der Waals surface area (Å²) in [6.07, 6.45) is 0. The number of hydrogen-bond acceptors (Lipinski definition) is 3. The van der Waals surface area contributed by atoms with Crippen LogP contribution >= 0.6 is 0 Å². The summed E-state index contributed by atoms with van der Waals surface area (Å²) in [4.78, 5) is 0. The quantitative estimate of drug-likeness (QED) is 0.803. The van der Waals surface area contributed by atoms with E-state index < -0.39 is 0 Å². The molecule has 1 aromatic rings. The SMILES string of the molecule is COc1cccc(OC)c1CNCC(C)C. The number of benzene rings is 1. The van der Waals surface area contributed by atoms with Gasteiger partial charge in [-0.25, -0.2) is 0 Å². The van der Waals surface area contributed by atoms with Crippen LogP contribution in [0.4, 0.5) is 0 Å². The topological polar surface area (TPSA) is 30.5 Å². The molecule has 16 heavy (non-hydrogen) atoms. The van der Waals surface area contributed by atoms with Crippen LogP contribution in [0.15, 0.2) is 18.2 Å². The molecule has 1 rings (SSSR count). The third-order valence-corrected chi connectivity index (χ3v) is 2.38. The normalized spacial score (nSPS) is 10.6. The molecule has 0 spiro atoms. The molecule has 0 atom stereocenters. The molecule has 0 aliphatic heterocycles. The smallest absolute Gasteiger partial charge is 0.127 e. The first-order chi connectivity index (χ1) is 7.69. The lowest BCUT2D eigenvalue weighted by molar-refractivity contribution is 0.381. The van der Waals surface area contributed by atoms with Crippen LogP contribution < -0.4 is 14.8 Å². The molecule has 0 radical (unpaired) electrons. The highest BCUT2D eigenvalue weighted by atomic mass is 16.5.